The average Bonchev–Trinajstić information content (AvgIpc) is 2.43. The van der Waals surface area contributed by atoms with Gasteiger partial charge in [-0.25, -0.2) is 4.39 Å². The van der Waals surface area contributed by atoms with Gasteiger partial charge in [0.2, 0.25) is 0 Å². The van der Waals surface area contributed by atoms with Gasteiger partial charge in [0.25, 0.3) is 0 Å². The molecule has 0 aliphatic heterocycles. The SMILES string of the molecule is CNC(c1cc(C)c(OC)c(C)c1)c1cc(F)ccc1C. The number of aryl methyl sites for hydroxylation is 3. The number of hydrogen-bond acceptors (Lipinski definition) is 2. The van der Waals surface area contributed by atoms with Crippen molar-refractivity contribution in [1.82, 2.24) is 5.32 Å². The molecule has 2 rings (SSSR count). The van der Waals surface area contributed by atoms with Crippen LogP contribution in [0.4, 0.5) is 4.39 Å². The van der Waals surface area contributed by atoms with E-state index in [9.17, 15) is 4.39 Å². The van der Waals surface area contributed by atoms with E-state index in [0.717, 1.165) is 33.6 Å². The van der Waals surface area contributed by atoms with E-state index >= 15 is 0 Å². The van der Waals surface area contributed by atoms with Gasteiger partial charge < -0.3 is 10.1 Å². The Bertz CT molecular complexity index is 629. The fourth-order valence-electron chi connectivity index (χ4n) is 2.90. The van der Waals surface area contributed by atoms with E-state index in [4.69, 9.17) is 4.74 Å². The predicted octanol–water partition coefficient (Wildman–Crippen LogP) is 4.07. The van der Waals surface area contributed by atoms with Gasteiger partial charge >= 0.3 is 0 Å². The summed E-state index contributed by atoms with van der Waals surface area (Å²) in [6.07, 6.45) is 0. The van der Waals surface area contributed by atoms with Gasteiger partial charge in [0.15, 0.2) is 0 Å². The molecule has 0 saturated carbocycles. The van der Waals surface area contributed by atoms with Gasteiger partial charge in [-0.05, 0) is 67.8 Å². The summed E-state index contributed by atoms with van der Waals surface area (Å²) in [4.78, 5) is 0. The van der Waals surface area contributed by atoms with Gasteiger partial charge in [0.1, 0.15) is 11.6 Å². The summed E-state index contributed by atoms with van der Waals surface area (Å²) in [5.74, 6) is 0.697. The monoisotopic (exact) mass is 287 g/mol. The van der Waals surface area contributed by atoms with Crippen LogP contribution in [-0.2, 0) is 0 Å². The van der Waals surface area contributed by atoms with E-state index in [-0.39, 0.29) is 11.9 Å². The van der Waals surface area contributed by atoms with Crippen LogP contribution in [-0.4, -0.2) is 14.2 Å². The molecule has 3 heteroatoms. The molecule has 0 aliphatic carbocycles. The Kier molecular flexibility index (Phi) is 4.63. The second kappa shape index (κ2) is 6.27. The lowest BCUT2D eigenvalue weighted by Crippen LogP contribution is -2.19. The summed E-state index contributed by atoms with van der Waals surface area (Å²) < 4.78 is 19.0. The van der Waals surface area contributed by atoms with Gasteiger partial charge in [-0.1, -0.05) is 18.2 Å². The van der Waals surface area contributed by atoms with Gasteiger partial charge in [-0.3, -0.25) is 0 Å². The van der Waals surface area contributed by atoms with Crippen molar-refractivity contribution in [2.24, 2.45) is 0 Å². The van der Waals surface area contributed by atoms with Crippen molar-refractivity contribution in [2.75, 3.05) is 14.2 Å². The lowest BCUT2D eigenvalue weighted by Gasteiger charge is -2.21. The van der Waals surface area contributed by atoms with Gasteiger partial charge in [0, 0.05) is 0 Å². The molecule has 0 aliphatic rings. The van der Waals surface area contributed by atoms with Crippen LogP contribution in [0.15, 0.2) is 30.3 Å². The Labute approximate surface area is 126 Å². The maximum atomic E-state index is 13.6. The summed E-state index contributed by atoms with van der Waals surface area (Å²) in [5.41, 5.74) is 5.31. The van der Waals surface area contributed by atoms with Crippen molar-refractivity contribution >= 4 is 0 Å². The van der Waals surface area contributed by atoms with Crippen LogP contribution in [0, 0.1) is 26.6 Å². The van der Waals surface area contributed by atoms with Crippen LogP contribution in [0.3, 0.4) is 0 Å². The molecule has 21 heavy (non-hydrogen) atoms. The molecule has 0 heterocycles. The van der Waals surface area contributed by atoms with Crippen LogP contribution in [0.1, 0.15) is 33.9 Å². The van der Waals surface area contributed by atoms with E-state index in [1.54, 1.807) is 13.2 Å². The first-order chi connectivity index (χ1) is 9.97. The smallest absolute Gasteiger partial charge is 0.124 e. The highest BCUT2D eigenvalue weighted by Gasteiger charge is 2.17. The number of methoxy groups -OCH3 is 1. The minimum absolute atomic E-state index is 0.0380. The highest BCUT2D eigenvalue weighted by molar-refractivity contribution is 5.47. The fraction of sp³-hybridized carbons (Fsp3) is 0.333. The molecule has 0 bridgehead atoms. The first-order valence-corrected chi connectivity index (χ1v) is 7.06. The number of ether oxygens (including phenoxy) is 1. The molecule has 0 radical (unpaired) electrons. The number of halogens is 1. The first-order valence-electron chi connectivity index (χ1n) is 7.06. The highest BCUT2D eigenvalue weighted by Crippen LogP contribution is 2.31. The van der Waals surface area contributed by atoms with Gasteiger partial charge in [-0.15, -0.1) is 0 Å². The third-order valence-electron chi connectivity index (χ3n) is 3.86. The Balaban J connectivity index is 2.54. The Morgan fingerprint density at radius 2 is 1.62 bits per heavy atom. The van der Waals surface area contributed by atoms with Crippen LogP contribution < -0.4 is 10.1 Å². The zero-order chi connectivity index (χ0) is 15.6. The molecule has 0 saturated heterocycles. The van der Waals surface area contributed by atoms with Crippen molar-refractivity contribution < 1.29 is 9.13 Å². The second-order valence-corrected chi connectivity index (χ2v) is 5.41. The first kappa shape index (κ1) is 15.5. The molecule has 2 aromatic carbocycles. The molecule has 1 unspecified atom stereocenters. The van der Waals surface area contributed by atoms with Gasteiger partial charge in [0.05, 0.1) is 13.2 Å². The van der Waals surface area contributed by atoms with E-state index < -0.39 is 0 Å². The summed E-state index contributed by atoms with van der Waals surface area (Å²) in [7, 11) is 3.57. The number of nitrogens with one attached hydrogen (secondary N) is 1. The lowest BCUT2D eigenvalue weighted by atomic mass is 9.92. The van der Waals surface area contributed by atoms with Crippen molar-refractivity contribution in [3.8, 4) is 5.75 Å². The molecule has 2 nitrogen and oxygen atoms in total. The highest BCUT2D eigenvalue weighted by atomic mass is 19.1. The minimum atomic E-state index is -0.210. The minimum Gasteiger partial charge on any atom is -0.496 e. The third kappa shape index (κ3) is 3.08. The second-order valence-electron chi connectivity index (χ2n) is 5.41. The third-order valence-corrected chi connectivity index (χ3v) is 3.86. The Hall–Kier alpha value is -1.87. The molecule has 112 valence electrons. The molecule has 0 aromatic heterocycles. The van der Waals surface area contributed by atoms with Crippen LogP contribution in [0.5, 0.6) is 5.75 Å². The molecule has 2 aromatic rings. The van der Waals surface area contributed by atoms with E-state index in [0.29, 0.717) is 0 Å². The quantitative estimate of drug-likeness (QED) is 0.915. The average molecular weight is 287 g/mol. The normalized spacial score (nSPS) is 12.3. The molecular formula is C18H22FNO. The topological polar surface area (TPSA) is 21.3 Å². The zero-order valence-electron chi connectivity index (χ0n) is 13.3. The summed E-state index contributed by atoms with van der Waals surface area (Å²) in [6, 6.07) is 9.07. The standard InChI is InChI=1S/C18H22FNO/c1-11-6-7-15(19)10-16(11)17(20-4)14-8-12(2)18(21-5)13(3)9-14/h6-10,17,20H,1-5H3. The zero-order valence-corrected chi connectivity index (χ0v) is 13.3. The molecular weight excluding hydrogens is 265 g/mol. The molecule has 1 N–H and O–H groups in total. The van der Waals surface area contributed by atoms with E-state index in [2.05, 4.69) is 17.4 Å². The lowest BCUT2D eigenvalue weighted by molar-refractivity contribution is 0.408. The van der Waals surface area contributed by atoms with Crippen LogP contribution >= 0.6 is 0 Å². The van der Waals surface area contributed by atoms with Crippen LogP contribution in [0.2, 0.25) is 0 Å². The van der Waals surface area contributed by atoms with E-state index in [1.807, 2.05) is 33.9 Å². The van der Waals surface area contributed by atoms with Gasteiger partial charge in [-0.2, -0.15) is 0 Å². The number of hydrogen-bond donors (Lipinski definition) is 1. The summed E-state index contributed by atoms with van der Waals surface area (Å²) >= 11 is 0. The Morgan fingerprint density at radius 1 is 1.00 bits per heavy atom. The maximum absolute atomic E-state index is 13.6. The number of rotatable bonds is 4. The van der Waals surface area contributed by atoms with Crippen molar-refractivity contribution in [3.63, 3.8) is 0 Å². The molecule has 0 spiro atoms. The molecule has 0 fully saturated rings. The molecule has 1 atom stereocenters. The van der Waals surface area contributed by atoms with Crippen molar-refractivity contribution in [3.05, 3.63) is 64.0 Å². The summed E-state index contributed by atoms with van der Waals surface area (Å²) in [5, 5.41) is 3.29. The van der Waals surface area contributed by atoms with E-state index in [1.165, 1.54) is 6.07 Å². The van der Waals surface area contributed by atoms with Crippen molar-refractivity contribution in [2.45, 2.75) is 26.8 Å². The fourth-order valence-corrected chi connectivity index (χ4v) is 2.90. The molecule has 0 amide bonds. The maximum Gasteiger partial charge on any atom is 0.124 e. The Morgan fingerprint density at radius 3 is 2.14 bits per heavy atom. The predicted molar refractivity (Wildman–Crippen MR) is 84.5 cm³/mol. The van der Waals surface area contributed by atoms with Crippen LogP contribution in [0.25, 0.3) is 0 Å². The largest absolute Gasteiger partial charge is 0.496 e. The van der Waals surface area contributed by atoms with Crippen molar-refractivity contribution in [1.29, 1.82) is 0 Å². The number of benzene rings is 2. The summed E-state index contributed by atoms with van der Waals surface area (Å²) in [6.45, 7) is 6.06.